The molecule has 4 nitrogen and oxygen atoms in total. The molecule has 7 heteroatoms. The highest BCUT2D eigenvalue weighted by atomic mass is 35.5. The number of nitrogens with two attached hydrogens (primary N) is 1. The highest BCUT2D eigenvalue weighted by Crippen LogP contribution is 2.39. The number of rotatable bonds is 4. The number of nitrogens with zero attached hydrogens (tertiary/aromatic N) is 2. The van der Waals surface area contributed by atoms with Gasteiger partial charge in [0.1, 0.15) is 17.2 Å². The fourth-order valence-corrected chi connectivity index (χ4v) is 3.33. The van der Waals surface area contributed by atoms with E-state index < -0.39 is 0 Å². The second-order valence-electron chi connectivity index (χ2n) is 4.42. The molecular weight excluding hydrogens is 315 g/mol. The molecule has 0 atom stereocenters. The van der Waals surface area contributed by atoms with Crippen molar-refractivity contribution in [2.75, 3.05) is 5.43 Å². The summed E-state index contributed by atoms with van der Waals surface area (Å²) in [4.78, 5) is 9.32. The molecule has 2 rings (SSSR count). The van der Waals surface area contributed by atoms with Gasteiger partial charge in [0.2, 0.25) is 0 Å². The lowest BCUT2D eigenvalue weighted by molar-refractivity contribution is 0.804. The lowest BCUT2D eigenvalue weighted by Gasteiger charge is -2.15. The Balaban J connectivity index is 2.45. The average molecular weight is 329 g/mol. The van der Waals surface area contributed by atoms with E-state index in [1.165, 1.54) is 18.1 Å². The molecule has 0 spiro atoms. The van der Waals surface area contributed by atoms with Crippen LogP contribution in [0.4, 0.5) is 5.82 Å². The van der Waals surface area contributed by atoms with Gasteiger partial charge in [-0.05, 0) is 24.1 Å². The van der Waals surface area contributed by atoms with Crippen LogP contribution in [0.1, 0.15) is 25.3 Å². The molecule has 0 unspecified atom stereocenters. The number of halogens is 2. The molecule has 1 aromatic carbocycles. The van der Waals surface area contributed by atoms with Gasteiger partial charge in [0.25, 0.3) is 0 Å². The predicted molar refractivity (Wildman–Crippen MR) is 84.5 cm³/mol. The lowest BCUT2D eigenvalue weighted by atomic mass is 10.1. The molecule has 0 saturated heterocycles. The summed E-state index contributed by atoms with van der Waals surface area (Å²) < 4.78 is 0. The highest BCUT2D eigenvalue weighted by molar-refractivity contribution is 7.99. The van der Waals surface area contributed by atoms with Gasteiger partial charge in [-0.1, -0.05) is 48.8 Å². The zero-order valence-electron chi connectivity index (χ0n) is 11.0. The molecule has 106 valence electrons. The third-order valence-corrected chi connectivity index (χ3v) is 4.41. The maximum Gasteiger partial charge on any atom is 0.147 e. The van der Waals surface area contributed by atoms with Crippen LogP contribution in [-0.4, -0.2) is 9.97 Å². The van der Waals surface area contributed by atoms with Gasteiger partial charge in [-0.15, -0.1) is 0 Å². The summed E-state index contributed by atoms with van der Waals surface area (Å²) in [6.07, 6.45) is 1.47. The SMILES string of the molecule is CC(C)c1c(NN)ncnc1Sc1cc(Cl)ccc1Cl. The van der Waals surface area contributed by atoms with Crippen molar-refractivity contribution in [1.29, 1.82) is 0 Å². The normalized spacial score (nSPS) is 10.9. The van der Waals surface area contributed by atoms with E-state index in [1.807, 2.05) is 6.07 Å². The molecule has 1 aromatic heterocycles. The molecule has 0 radical (unpaired) electrons. The first-order valence-electron chi connectivity index (χ1n) is 5.97. The predicted octanol–water partition coefficient (Wildman–Crippen LogP) is 4.34. The molecule has 1 heterocycles. The van der Waals surface area contributed by atoms with E-state index >= 15 is 0 Å². The van der Waals surface area contributed by atoms with Crippen LogP contribution < -0.4 is 11.3 Å². The van der Waals surface area contributed by atoms with Crippen LogP contribution in [0.3, 0.4) is 0 Å². The summed E-state index contributed by atoms with van der Waals surface area (Å²) in [7, 11) is 0. The first-order valence-corrected chi connectivity index (χ1v) is 7.54. The summed E-state index contributed by atoms with van der Waals surface area (Å²) in [5.41, 5.74) is 3.56. The van der Waals surface area contributed by atoms with Crippen molar-refractivity contribution in [1.82, 2.24) is 9.97 Å². The quantitative estimate of drug-likeness (QED) is 0.496. The Morgan fingerprint density at radius 1 is 1.25 bits per heavy atom. The van der Waals surface area contributed by atoms with Crippen LogP contribution in [0, 0.1) is 0 Å². The van der Waals surface area contributed by atoms with Gasteiger partial charge in [0, 0.05) is 15.5 Å². The Morgan fingerprint density at radius 2 is 2.00 bits per heavy atom. The van der Waals surface area contributed by atoms with Gasteiger partial charge in [-0.2, -0.15) is 0 Å². The summed E-state index contributed by atoms with van der Waals surface area (Å²) in [6.45, 7) is 4.12. The summed E-state index contributed by atoms with van der Waals surface area (Å²) in [5.74, 6) is 6.35. The minimum absolute atomic E-state index is 0.225. The van der Waals surface area contributed by atoms with Crippen molar-refractivity contribution < 1.29 is 0 Å². The van der Waals surface area contributed by atoms with Crippen molar-refractivity contribution in [2.24, 2.45) is 5.84 Å². The minimum atomic E-state index is 0.225. The van der Waals surface area contributed by atoms with Crippen LogP contribution in [0.2, 0.25) is 10.0 Å². The molecule has 3 N–H and O–H groups in total. The Kier molecular flexibility index (Phi) is 5.10. The summed E-state index contributed by atoms with van der Waals surface area (Å²) in [5, 5.41) is 2.08. The first kappa shape index (κ1) is 15.4. The van der Waals surface area contributed by atoms with Crippen LogP contribution in [-0.2, 0) is 0 Å². The zero-order chi connectivity index (χ0) is 14.7. The van der Waals surface area contributed by atoms with E-state index in [-0.39, 0.29) is 5.92 Å². The smallest absolute Gasteiger partial charge is 0.147 e. The molecule has 0 saturated carbocycles. The summed E-state index contributed by atoms with van der Waals surface area (Å²) >= 11 is 13.6. The molecule has 0 aliphatic rings. The topological polar surface area (TPSA) is 63.8 Å². The number of nitrogens with one attached hydrogen (secondary N) is 1. The second kappa shape index (κ2) is 6.63. The number of nitrogen functional groups attached to an aromatic ring is 1. The maximum atomic E-state index is 6.19. The van der Waals surface area contributed by atoms with E-state index in [2.05, 4.69) is 29.2 Å². The highest BCUT2D eigenvalue weighted by Gasteiger charge is 2.16. The average Bonchev–Trinajstić information content (AvgIpc) is 2.42. The molecule has 0 bridgehead atoms. The van der Waals surface area contributed by atoms with Gasteiger partial charge in [-0.3, -0.25) is 0 Å². The van der Waals surface area contributed by atoms with Gasteiger partial charge < -0.3 is 5.43 Å². The summed E-state index contributed by atoms with van der Waals surface area (Å²) in [6, 6.07) is 5.34. The van der Waals surface area contributed by atoms with Gasteiger partial charge in [0.05, 0.1) is 5.02 Å². The van der Waals surface area contributed by atoms with Crippen LogP contribution in [0.5, 0.6) is 0 Å². The van der Waals surface area contributed by atoms with E-state index in [9.17, 15) is 0 Å². The molecular formula is C13H14Cl2N4S. The molecule has 2 aromatic rings. The Labute approximate surface area is 132 Å². The van der Waals surface area contributed by atoms with Crippen molar-refractivity contribution in [3.05, 3.63) is 40.1 Å². The number of benzene rings is 1. The van der Waals surface area contributed by atoms with E-state index in [1.54, 1.807) is 12.1 Å². The van der Waals surface area contributed by atoms with Crippen LogP contribution >= 0.6 is 35.0 Å². The van der Waals surface area contributed by atoms with Crippen molar-refractivity contribution in [3.8, 4) is 0 Å². The monoisotopic (exact) mass is 328 g/mol. The molecule has 20 heavy (non-hydrogen) atoms. The zero-order valence-corrected chi connectivity index (χ0v) is 13.4. The Morgan fingerprint density at radius 3 is 2.65 bits per heavy atom. The van der Waals surface area contributed by atoms with Gasteiger partial charge in [-0.25, -0.2) is 15.8 Å². The second-order valence-corrected chi connectivity index (χ2v) is 6.29. The van der Waals surface area contributed by atoms with Crippen LogP contribution in [0.25, 0.3) is 0 Å². The third-order valence-electron chi connectivity index (χ3n) is 2.66. The van der Waals surface area contributed by atoms with E-state index in [0.29, 0.717) is 15.9 Å². The fraction of sp³-hybridized carbons (Fsp3) is 0.231. The van der Waals surface area contributed by atoms with Gasteiger partial charge >= 0.3 is 0 Å². The molecule has 0 aliphatic heterocycles. The fourth-order valence-electron chi connectivity index (χ4n) is 1.76. The number of hydrogen-bond donors (Lipinski definition) is 2. The standard InChI is InChI=1S/C13H14Cl2N4S/c1-7(2)11-12(19-16)17-6-18-13(11)20-10-5-8(14)3-4-9(10)15/h3-7H,16H2,1-2H3,(H,17,18,19). The minimum Gasteiger partial charge on any atom is -0.308 e. The molecule has 0 amide bonds. The van der Waals surface area contributed by atoms with E-state index in [4.69, 9.17) is 29.0 Å². The van der Waals surface area contributed by atoms with E-state index in [0.717, 1.165) is 15.5 Å². The number of hydrogen-bond acceptors (Lipinski definition) is 5. The molecule has 0 fully saturated rings. The van der Waals surface area contributed by atoms with Gasteiger partial charge in [0.15, 0.2) is 0 Å². The third kappa shape index (κ3) is 3.35. The largest absolute Gasteiger partial charge is 0.308 e. The molecule has 0 aliphatic carbocycles. The Hall–Kier alpha value is -1.01. The van der Waals surface area contributed by atoms with Crippen molar-refractivity contribution in [2.45, 2.75) is 29.7 Å². The van der Waals surface area contributed by atoms with Crippen LogP contribution in [0.15, 0.2) is 34.4 Å². The van der Waals surface area contributed by atoms with Crippen molar-refractivity contribution in [3.63, 3.8) is 0 Å². The number of anilines is 1. The number of hydrazine groups is 1. The lowest BCUT2D eigenvalue weighted by Crippen LogP contribution is -2.13. The number of aromatic nitrogens is 2. The van der Waals surface area contributed by atoms with Crippen molar-refractivity contribution >= 4 is 40.8 Å². The first-order chi connectivity index (χ1) is 9.52. The Bertz CT molecular complexity index is 619. The maximum absolute atomic E-state index is 6.19.